The number of halogens is 1. The van der Waals surface area contributed by atoms with Crippen molar-refractivity contribution in [1.82, 2.24) is 4.98 Å². The predicted molar refractivity (Wildman–Crippen MR) is 78.8 cm³/mol. The first-order valence-electron chi connectivity index (χ1n) is 6.09. The van der Waals surface area contributed by atoms with Crippen LogP contribution in [0.3, 0.4) is 0 Å². The molecule has 1 aromatic heterocycles. The number of rotatable bonds is 2. The minimum absolute atomic E-state index is 0.141. The van der Waals surface area contributed by atoms with E-state index in [1.165, 1.54) is 5.56 Å². The molecule has 0 aliphatic rings. The van der Waals surface area contributed by atoms with E-state index in [0.717, 1.165) is 10.9 Å². The van der Waals surface area contributed by atoms with E-state index in [1.54, 1.807) is 0 Å². The third-order valence-electron chi connectivity index (χ3n) is 3.21. The number of aromatic amines is 1. The highest BCUT2D eigenvalue weighted by atomic mass is 35.5. The van der Waals surface area contributed by atoms with Gasteiger partial charge in [-0.05, 0) is 22.6 Å². The Morgan fingerprint density at radius 1 is 0.895 bits per heavy atom. The van der Waals surface area contributed by atoms with Gasteiger partial charge in [0.25, 0.3) is 5.56 Å². The minimum atomic E-state index is -0.141. The Bertz CT molecular complexity index is 778. The summed E-state index contributed by atoms with van der Waals surface area (Å²) in [6.45, 7) is 0. The summed E-state index contributed by atoms with van der Waals surface area (Å²) in [6, 6.07) is 17.6. The molecule has 0 aliphatic carbocycles. The fourth-order valence-electron chi connectivity index (χ4n) is 2.28. The third-order valence-corrected chi connectivity index (χ3v) is 3.53. The highest BCUT2D eigenvalue weighted by Crippen LogP contribution is 2.24. The van der Waals surface area contributed by atoms with Gasteiger partial charge >= 0.3 is 0 Å². The summed E-state index contributed by atoms with van der Waals surface area (Å²) in [5.41, 5.74) is 1.99. The maximum Gasteiger partial charge on any atom is 0.256 e. The smallest absolute Gasteiger partial charge is 0.256 e. The lowest BCUT2D eigenvalue weighted by molar-refractivity contribution is 1.15. The van der Waals surface area contributed by atoms with Gasteiger partial charge < -0.3 is 4.98 Å². The van der Waals surface area contributed by atoms with Crippen LogP contribution in [0.5, 0.6) is 0 Å². The minimum Gasteiger partial charge on any atom is -0.312 e. The number of aromatic nitrogens is 1. The van der Waals surface area contributed by atoms with Crippen LogP contribution in [0.1, 0.15) is 11.1 Å². The molecule has 3 aromatic rings. The summed E-state index contributed by atoms with van der Waals surface area (Å²) < 4.78 is 0. The molecule has 2 nitrogen and oxygen atoms in total. The Balaban J connectivity index is 2.21. The Hall–Kier alpha value is -2.06. The first-order valence-corrected chi connectivity index (χ1v) is 6.47. The van der Waals surface area contributed by atoms with E-state index in [-0.39, 0.29) is 5.56 Å². The monoisotopic (exact) mass is 269 g/mol. The van der Waals surface area contributed by atoms with Gasteiger partial charge in [0.2, 0.25) is 0 Å². The average Bonchev–Trinajstić information content (AvgIpc) is 2.45. The molecule has 0 unspecified atom stereocenters. The molecule has 1 N–H and O–H groups in total. The zero-order chi connectivity index (χ0) is 13.2. The molecule has 0 amide bonds. The number of hydrogen-bond donors (Lipinski definition) is 1. The summed E-state index contributed by atoms with van der Waals surface area (Å²) in [5.74, 6) is 0. The quantitative estimate of drug-likeness (QED) is 0.706. The predicted octanol–water partition coefficient (Wildman–Crippen LogP) is 3.77. The third kappa shape index (κ3) is 2.27. The molecule has 2 aromatic carbocycles. The molecule has 1 heterocycles. The molecule has 0 fully saturated rings. The lowest BCUT2D eigenvalue weighted by atomic mass is 10.0. The summed E-state index contributed by atoms with van der Waals surface area (Å²) in [4.78, 5) is 14.6. The molecular formula is C16H12ClNO. The number of hydrogen-bond acceptors (Lipinski definition) is 1. The van der Waals surface area contributed by atoms with Crippen LogP contribution in [0, 0.1) is 0 Å². The van der Waals surface area contributed by atoms with Crippen molar-refractivity contribution in [2.75, 3.05) is 0 Å². The van der Waals surface area contributed by atoms with Crippen LogP contribution in [0.25, 0.3) is 10.8 Å². The van der Waals surface area contributed by atoms with Crippen molar-refractivity contribution in [1.29, 1.82) is 0 Å². The lowest BCUT2D eigenvalue weighted by Gasteiger charge is -2.08. The van der Waals surface area contributed by atoms with E-state index in [2.05, 4.69) is 17.1 Å². The van der Waals surface area contributed by atoms with Crippen LogP contribution < -0.4 is 5.56 Å². The van der Waals surface area contributed by atoms with Crippen molar-refractivity contribution in [3.8, 4) is 0 Å². The van der Waals surface area contributed by atoms with Gasteiger partial charge in [-0.2, -0.15) is 0 Å². The van der Waals surface area contributed by atoms with Crippen LogP contribution in [0.4, 0.5) is 0 Å². The molecule has 94 valence electrons. The first kappa shape index (κ1) is 12.0. The number of nitrogens with one attached hydrogen (secondary N) is 1. The normalized spacial score (nSPS) is 10.8. The van der Waals surface area contributed by atoms with Gasteiger partial charge in [-0.15, -0.1) is 0 Å². The van der Waals surface area contributed by atoms with Gasteiger partial charge in [0.15, 0.2) is 0 Å². The number of benzene rings is 2. The van der Waals surface area contributed by atoms with Crippen LogP contribution in [0.2, 0.25) is 5.15 Å². The zero-order valence-corrected chi connectivity index (χ0v) is 10.9. The largest absolute Gasteiger partial charge is 0.312 e. The van der Waals surface area contributed by atoms with E-state index in [1.807, 2.05) is 42.5 Å². The van der Waals surface area contributed by atoms with Crippen molar-refractivity contribution in [2.24, 2.45) is 0 Å². The fourth-order valence-corrected chi connectivity index (χ4v) is 2.53. The fraction of sp³-hybridized carbons (Fsp3) is 0.0625. The summed E-state index contributed by atoms with van der Waals surface area (Å²) in [7, 11) is 0. The number of fused-ring (bicyclic) bond motifs is 1. The molecule has 3 heteroatoms. The molecular weight excluding hydrogens is 258 g/mol. The molecule has 0 saturated carbocycles. The molecule has 19 heavy (non-hydrogen) atoms. The van der Waals surface area contributed by atoms with Gasteiger partial charge in [-0.25, -0.2) is 0 Å². The highest BCUT2D eigenvalue weighted by Gasteiger charge is 2.10. The van der Waals surface area contributed by atoms with Gasteiger partial charge in [0.05, 0.1) is 0 Å². The maximum atomic E-state index is 11.9. The Morgan fingerprint density at radius 2 is 1.53 bits per heavy atom. The van der Waals surface area contributed by atoms with Crippen LogP contribution in [0.15, 0.2) is 59.4 Å². The second-order valence-corrected chi connectivity index (χ2v) is 4.83. The van der Waals surface area contributed by atoms with Crippen LogP contribution in [-0.4, -0.2) is 4.98 Å². The van der Waals surface area contributed by atoms with Gasteiger partial charge in [0, 0.05) is 11.8 Å². The summed E-state index contributed by atoms with van der Waals surface area (Å²) in [5, 5.41) is 2.02. The van der Waals surface area contributed by atoms with Crippen LogP contribution >= 0.6 is 11.6 Å². The summed E-state index contributed by atoms with van der Waals surface area (Å²) in [6.07, 6.45) is 0.705. The Morgan fingerprint density at radius 3 is 2.26 bits per heavy atom. The SMILES string of the molecule is O=c1[nH]c(Cl)c(Cc2ccccc2)c2ccccc12. The highest BCUT2D eigenvalue weighted by molar-refractivity contribution is 6.31. The van der Waals surface area contributed by atoms with Crippen LogP contribution in [-0.2, 0) is 6.42 Å². The van der Waals surface area contributed by atoms with Crippen molar-refractivity contribution < 1.29 is 0 Å². The number of H-pyrrole nitrogens is 1. The molecule has 0 saturated heterocycles. The molecule has 0 atom stereocenters. The molecule has 0 spiro atoms. The second-order valence-electron chi connectivity index (χ2n) is 4.45. The van der Waals surface area contributed by atoms with Gasteiger partial charge in [-0.3, -0.25) is 4.79 Å². The Kier molecular flexibility index (Phi) is 3.10. The number of pyridine rings is 1. The van der Waals surface area contributed by atoms with Crippen molar-refractivity contribution in [3.05, 3.63) is 81.2 Å². The van der Waals surface area contributed by atoms with E-state index < -0.39 is 0 Å². The zero-order valence-electron chi connectivity index (χ0n) is 10.2. The summed E-state index contributed by atoms with van der Waals surface area (Å²) >= 11 is 6.20. The van der Waals surface area contributed by atoms with Gasteiger partial charge in [-0.1, -0.05) is 60.1 Å². The standard InChI is InChI=1S/C16H12ClNO/c17-15-14(10-11-6-2-1-3-7-11)12-8-4-5-9-13(12)16(19)18-15/h1-9H,10H2,(H,18,19). The van der Waals surface area contributed by atoms with E-state index in [4.69, 9.17) is 11.6 Å². The lowest BCUT2D eigenvalue weighted by Crippen LogP contribution is -2.09. The average molecular weight is 270 g/mol. The topological polar surface area (TPSA) is 32.9 Å². The van der Waals surface area contributed by atoms with Gasteiger partial charge in [0.1, 0.15) is 5.15 Å². The van der Waals surface area contributed by atoms with E-state index >= 15 is 0 Å². The maximum absolute atomic E-state index is 11.9. The van der Waals surface area contributed by atoms with Crippen molar-refractivity contribution >= 4 is 22.4 Å². The van der Waals surface area contributed by atoms with E-state index in [0.29, 0.717) is 17.0 Å². The first-order chi connectivity index (χ1) is 9.25. The molecule has 3 rings (SSSR count). The molecule has 0 radical (unpaired) electrons. The van der Waals surface area contributed by atoms with Crippen molar-refractivity contribution in [2.45, 2.75) is 6.42 Å². The van der Waals surface area contributed by atoms with E-state index in [9.17, 15) is 4.79 Å². The Labute approximate surface area is 115 Å². The second kappa shape index (κ2) is 4.90. The molecule has 0 aliphatic heterocycles. The molecule has 0 bridgehead atoms. The van der Waals surface area contributed by atoms with Crippen molar-refractivity contribution in [3.63, 3.8) is 0 Å².